The molecule has 2 rings (SSSR count). The summed E-state index contributed by atoms with van der Waals surface area (Å²) in [5.74, 6) is -5.98. The number of carbonyl (C=O) groups is 3. The van der Waals surface area contributed by atoms with Crippen molar-refractivity contribution in [3.8, 4) is 5.75 Å². The SMILES string of the molecule is CC(C)OC(=O)OCOC(=O)c1cccc2c1OB(O)C(NC(=O)CC(C)(F)F)C2. The first-order valence-corrected chi connectivity index (χ1v) is 9.10. The summed E-state index contributed by atoms with van der Waals surface area (Å²) in [6, 6.07) is 4.47. The molecule has 0 fully saturated rings. The number of hydrogen-bond acceptors (Lipinski definition) is 8. The van der Waals surface area contributed by atoms with Gasteiger partial charge >= 0.3 is 19.2 Å². The molecule has 1 aliphatic heterocycles. The maximum atomic E-state index is 13.0. The smallest absolute Gasteiger partial charge is 0.534 e. The highest BCUT2D eigenvalue weighted by atomic mass is 19.3. The molecule has 0 radical (unpaired) electrons. The third-order valence-electron chi connectivity index (χ3n) is 3.86. The highest BCUT2D eigenvalue weighted by molar-refractivity contribution is 6.47. The first kappa shape index (κ1) is 23.4. The number of fused-ring (bicyclic) bond motifs is 1. The Labute approximate surface area is 171 Å². The van der Waals surface area contributed by atoms with Crippen LogP contribution in [0, 0.1) is 0 Å². The fourth-order valence-corrected chi connectivity index (χ4v) is 2.68. The third kappa shape index (κ3) is 6.87. The van der Waals surface area contributed by atoms with Crippen LogP contribution < -0.4 is 9.97 Å². The second-order valence-electron chi connectivity index (χ2n) is 7.04. The van der Waals surface area contributed by atoms with E-state index >= 15 is 0 Å². The molecule has 2 N–H and O–H groups in total. The van der Waals surface area contributed by atoms with E-state index in [1.807, 2.05) is 0 Å². The Morgan fingerprint density at radius 2 is 2.03 bits per heavy atom. The van der Waals surface area contributed by atoms with Gasteiger partial charge in [-0.25, -0.2) is 18.4 Å². The van der Waals surface area contributed by atoms with Gasteiger partial charge in [0.25, 0.3) is 5.92 Å². The van der Waals surface area contributed by atoms with E-state index in [9.17, 15) is 28.2 Å². The summed E-state index contributed by atoms with van der Waals surface area (Å²) in [5, 5.41) is 12.4. The Balaban J connectivity index is 2.01. The average molecular weight is 429 g/mol. The number of alkyl halides is 2. The summed E-state index contributed by atoms with van der Waals surface area (Å²) in [6.07, 6.45) is -2.40. The van der Waals surface area contributed by atoms with Gasteiger partial charge in [-0.2, -0.15) is 0 Å². The van der Waals surface area contributed by atoms with Gasteiger partial charge in [-0.1, -0.05) is 12.1 Å². The standard InChI is InChI=1S/C18H22BF2NO8/c1-10(2)29-17(25)28-9-27-16(24)12-6-4-5-11-7-13(19(26)30-15(11)12)22-14(23)8-18(3,20)21/h4-6,10,13,26H,7-9H2,1-3H3,(H,22,23). The van der Waals surface area contributed by atoms with Crippen LogP contribution in [0.3, 0.4) is 0 Å². The predicted octanol–water partition coefficient (Wildman–Crippen LogP) is 1.85. The minimum Gasteiger partial charge on any atom is -0.534 e. The summed E-state index contributed by atoms with van der Waals surface area (Å²) in [6.45, 7) is 3.16. The number of para-hydroxylation sites is 1. The van der Waals surface area contributed by atoms with Crippen molar-refractivity contribution < 1.29 is 47.1 Å². The Kier molecular flexibility index (Phi) is 7.60. The molecule has 0 aromatic heterocycles. The van der Waals surface area contributed by atoms with Gasteiger partial charge in [0, 0.05) is 0 Å². The minimum absolute atomic E-state index is 0.0195. The van der Waals surface area contributed by atoms with Gasteiger partial charge in [0.2, 0.25) is 12.7 Å². The third-order valence-corrected chi connectivity index (χ3v) is 3.86. The molecule has 0 saturated carbocycles. The van der Waals surface area contributed by atoms with Crippen LogP contribution in [-0.2, 0) is 25.4 Å². The molecule has 9 nitrogen and oxygen atoms in total. The maximum absolute atomic E-state index is 13.0. The molecule has 0 spiro atoms. The topological polar surface area (TPSA) is 120 Å². The average Bonchev–Trinajstić information content (AvgIpc) is 2.59. The molecule has 1 aliphatic rings. The molecule has 0 aliphatic carbocycles. The number of ether oxygens (including phenoxy) is 3. The number of rotatable bonds is 7. The molecule has 164 valence electrons. The fraction of sp³-hybridized carbons (Fsp3) is 0.500. The lowest BCUT2D eigenvalue weighted by Gasteiger charge is -2.29. The number of nitrogens with one attached hydrogen (secondary N) is 1. The first-order valence-electron chi connectivity index (χ1n) is 9.10. The second-order valence-corrected chi connectivity index (χ2v) is 7.04. The van der Waals surface area contributed by atoms with Crippen molar-refractivity contribution in [3.05, 3.63) is 29.3 Å². The zero-order chi connectivity index (χ0) is 22.5. The van der Waals surface area contributed by atoms with Gasteiger partial charge in [0.05, 0.1) is 18.5 Å². The van der Waals surface area contributed by atoms with Crippen LogP contribution in [-0.4, -0.2) is 54.9 Å². The van der Waals surface area contributed by atoms with Crippen molar-refractivity contribution in [3.63, 3.8) is 0 Å². The number of halogens is 2. The van der Waals surface area contributed by atoms with Crippen LogP contribution >= 0.6 is 0 Å². The maximum Gasteiger partial charge on any atom is 0.547 e. The van der Waals surface area contributed by atoms with E-state index in [2.05, 4.69) is 10.1 Å². The zero-order valence-electron chi connectivity index (χ0n) is 16.6. The van der Waals surface area contributed by atoms with Crippen molar-refractivity contribution in [1.29, 1.82) is 0 Å². The highest BCUT2D eigenvalue weighted by Gasteiger charge is 2.39. The van der Waals surface area contributed by atoms with E-state index in [0.29, 0.717) is 12.5 Å². The van der Waals surface area contributed by atoms with E-state index in [1.54, 1.807) is 19.9 Å². The fourth-order valence-electron chi connectivity index (χ4n) is 2.68. The molecular formula is C18H22BF2NO8. The Morgan fingerprint density at radius 3 is 2.67 bits per heavy atom. The summed E-state index contributed by atoms with van der Waals surface area (Å²) in [5.41, 5.74) is 0.403. The Bertz CT molecular complexity index is 799. The molecular weight excluding hydrogens is 407 g/mol. The summed E-state index contributed by atoms with van der Waals surface area (Å²) < 4.78 is 45.5. The molecule has 1 amide bonds. The molecule has 12 heteroatoms. The van der Waals surface area contributed by atoms with Crippen LogP contribution in [0.4, 0.5) is 13.6 Å². The predicted molar refractivity (Wildman–Crippen MR) is 98.9 cm³/mol. The lowest BCUT2D eigenvalue weighted by Crippen LogP contribution is -2.53. The van der Waals surface area contributed by atoms with Gasteiger partial charge < -0.3 is 29.2 Å². The molecule has 1 aromatic carbocycles. The van der Waals surface area contributed by atoms with Crippen LogP contribution in [0.15, 0.2) is 18.2 Å². The van der Waals surface area contributed by atoms with E-state index in [1.165, 1.54) is 12.1 Å². The summed E-state index contributed by atoms with van der Waals surface area (Å²) in [4.78, 5) is 35.3. The number of hydrogen-bond donors (Lipinski definition) is 2. The lowest BCUT2D eigenvalue weighted by molar-refractivity contribution is -0.127. The quantitative estimate of drug-likeness (QED) is 0.383. The van der Waals surface area contributed by atoms with Gasteiger partial charge in [-0.3, -0.25) is 4.79 Å². The van der Waals surface area contributed by atoms with Crippen molar-refractivity contribution in [2.24, 2.45) is 0 Å². The van der Waals surface area contributed by atoms with Crippen molar-refractivity contribution in [1.82, 2.24) is 5.32 Å². The molecule has 1 heterocycles. The van der Waals surface area contributed by atoms with Gasteiger partial charge in [0.1, 0.15) is 11.3 Å². The molecule has 0 saturated heterocycles. The number of carbonyl (C=O) groups excluding carboxylic acids is 3. The molecule has 1 atom stereocenters. The molecule has 30 heavy (non-hydrogen) atoms. The largest absolute Gasteiger partial charge is 0.547 e. The second kappa shape index (κ2) is 9.74. The van der Waals surface area contributed by atoms with Crippen LogP contribution in [0.25, 0.3) is 0 Å². The first-order chi connectivity index (χ1) is 14.0. The van der Waals surface area contributed by atoms with Crippen molar-refractivity contribution in [2.75, 3.05) is 6.79 Å². The Hall–Kier alpha value is -2.89. The lowest BCUT2D eigenvalue weighted by atomic mass is 9.72. The number of amides is 1. The highest BCUT2D eigenvalue weighted by Crippen LogP contribution is 2.31. The summed E-state index contributed by atoms with van der Waals surface area (Å²) in [7, 11) is -1.57. The van der Waals surface area contributed by atoms with Gasteiger partial charge in [-0.15, -0.1) is 0 Å². The van der Waals surface area contributed by atoms with E-state index < -0.39 is 56.3 Å². The zero-order valence-corrected chi connectivity index (χ0v) is 16.6. The number of benzene rings is 1. The van der Waals surface area contributed by atoms with Crippen molar-refractivity contribution in [2.45, 2.75) is 51.6 Å². The van der Waals surface area contributed by atoms with E-state index in [4.69, 9.17) is 14.1 Å². The van der Waals surface area contributed by atoms with E-state index in [-0.39, 0.29) is 17.7 Å². The minimum atomic E-state index is -3.19. The van der Waals surface area contributed by atoms with Gasteiger partial charge in [-0.05, 0) is 38.8 Å². The van der Waals surface area contributed by atoms with Crippen LogP contribution in [0.2, 0.25) is 0 Å². The molecule has 0 bridgehead atoms. The van der Waals surface area contributed by atoms with Crippen LogP contribution in [0.5, 0.6) is 5.75 Å². The molecule has 1 aromatic rings. The van der Waals surface area contributed by atoms with Crippen molar-refractivity contribution >= 4 is 25.2 Å². The normalized spacial score (nSPS) is 15.7. The number of esters is 1. The van der Waals surface area contributed by atoms with Gasteiger partial charge in [0.15, 0.2) is 0 Å². The van der Waals surface area contributed by atoms with E-state index in [0.717, 1.165) is 0 Å². The Morgan fingerprint density at radius 1 is 1.33 bits per heavy atom. The molecule has 1 unspecified atom stereocenters. The monoisotopic (exact) mass is 429 g/mol. The summed E-state index contributed by atoms with van der Waals surface area (Å²) >= 11 is 0. The van der Waals surface area contributed by atoms with Crippen LogP contribution in [0.1, 0.15) is 43.1 Å².